The van der Waals surface area contributed by atoms with E-state index in [1.807, 2.05) is 36.4 Å². The number of furan rings is 1. The molecule has 30 heavy (non-hydrogen) atoms. The van der Waals surface area contributed by atoms with E-state index in [1.165, 1.54) is 11.3 Å². The molecule has 0 radical (unpaired) electrons. The third kappa shape index (κ3) is 3.42. The van der Waals surface area contributed by atoms with Crippen LogP contribution in [0.25, 0.3) is 23.0 Å². The van der Waals surface area contributed by atoms with Gasteiger partial charge in [0.05, 0.1) is 5.57 Å². The Bertz CT molecular complexity index is 1290. The highest BCUT2D eigenvalue weighted by Crippen LogP contribution is 2.33. The van der Waals surface area contributed by atoms with Crippen LogP contribution in [0.2, 0.25) is 0 Å². The Morgan fingerprint density at radius 1 is 1.10 bits per heavy atom. The van der Waals surface area contributed by atoms with Gasteiger partial charge in [-0.1, -0.05) is 30.3 Å². The number of benzene rings is 2. The van der Waals surface area contributed by atoms with Gasteiger partial charge in [-0.25, -0.2) is 4.98 Å². The molecule has 0 spiro atoms. The zero-order valence-electron chi connectivity index (χ0n) is 15.6. The number of amides is 2. The van der Waals surface area contributed by atoms with Crippen molar-refractivity contribution in [1.29, 1.82) is 0 Å². The monoisotopic (exact) mass is 413 g/mol. The highest BCUT2D eigenvalue weighted by molar-refractivity contribution is 7.13. The number of carbonyl (C=O) groups is 2. The maximum Gasteiger partial charge on any atom is 0.257 e. The van der Waals surface area contributed by atoms with Gasteiger partial charge in [-0.15, -0.1) is 11.3 Å². The van der Waals surface area contributed by atoms with Crippen molar-refractivity contribution >= 4 is 45.6 Å². The number of anilines is 2. The first kappa shape index (κ1) is 18.1. The minimum absolute atomic E-state index is 0.157. The lowest BCUT2D eigenvalue weighted by atomic mass is 10.1. The number of rotatable bonds is 4. The number of aromatic nitrogens is 1. The fourth-order valence-electron chi connectivity index (χ4n) is 3.28. The second-order valence-electron chi connectivity index (χ2n) is 6.63. The molecule has 0 saturated heterocycles. The molecule has 0 saturated carbocycles. The van der Waals surface area contributed by atoms with Gasteiger partial charge in [-0.3, -0.25) is 14.9 Å². The summed E-state index contributed by atoms with van der Waals surface area (Å²) in [7, 11) is 0. The van der Waals surface area contributed by atoms with Gasteiger partial charge in [0.15, 0.2) is 5.13 Å². The van der Waals surface area contributed by atoms with Crippen LogP contribution in [0.4, 0.5) is 10.8 Å². The molecule has 5 rings (SSSR count). The molecule has 2 N–H and O–H groups in total. The van der Waals surface area contributed by atoms with Crippen LogP contribution in [0.3, 0.4) is 0 Å². The molecule has 4 aromatic rings. The summed E-state index contributed by atoms with van der Waals surface area (Å²) in [5.74, 6) is 0.775. The fourth-order valence-corrected chi connectivity index (χ4v) is 3.80. The molecule has 3 heterocycles. The quantitative estimate of drug-likeness (QED) is 0.453. The van der Waals surface area contributed by atoms with Crippen LogP contribution in [0.1, 0.15) is 21.7 Å². The largest absolute Gasteiger partial charge is 0.457 e. The van der Waals surface area contributed by atoms with Gasteiger partial charge >= 0.3 is 0 Å². The summed E-state index contributed by atoms with van der Waals surface area (Å²) in [6.07, 6.45) is 3.36. The second kappa shape index (κ2) is 7.46. The summed E-state index contributed by atoms with van der Waals surface area (Å²) in [6, 6.07) is 18.3. The summed E-state index contributed by atoms with van der Waals surface area (Å²) in [6.45, 7) is 0. The third-order valence-electron chi connectivity index (χ3n) is 4.69. The number of hydrogen-bond acceptors (Lipinski definition) is 5. The molecule has 0 aliphatic carbocycles. The van der Waals surface area contributed by atoms with E-state index in [1.54, 1.807) is 41.9 Å². The lowest BCUT2D eigenvalue weighted by molar-refractivity contribution is -0.110. The molecule has 0 bridgehead atoms. The van der Waals surface area contributed by atoms with Gasteiger partial charge in [-0.05, 0) is 36.4 Å². The average molecular weight is 413 g/mol. The fraction of sp³-hybridized carbons (Fsp3) is 0. The predicted molar refractivity (Wildman–Crippen MR) is 117 cm³/mol. The average Bonchev–Trinajstić information content (AvgIpc) is 3.50. The molecular formula is C23H15N3O3S. The molecule has 1 aliphatic rings. The molecular weight excluding hydrogens is 398 g/mol. The van der Waals surface area contributed by atoms with Crippen molar-refractivity contribution in [2.45, 2.75) is 0 Å². The van der Waals surface area contributed by atoms with Crippen LogP contribution in [0, 0.1) is 0 Å². The normalized spacial score (nSPS) is 13.9. The summed E-state index contributed by atoms with van der Waals surface area (Å²) in [5, 5.41) is 7.96. The Kier molecular flexibility index (Phi) is 4.49. The topological polar surface area (TPSA) is 84.2 Å². The van der Waals surface area contributed by atoms with Gasteiger partial charge in [0, 0.05) is 34.0 Å². The standard InChI is InChI=1S/C23H15N3O3S/c27-21(26-23-24-10-11-30-23)15-5-3-4-14(12-15)20-9-8-16(29-20)13-18-17-6-1-2-7-19(17)25-22(18)28/h1-13H,(H,25,28)(H,24,26,27)/b18-13+. The van der Waals surface area contributed by atoms with Crippen molar-refractivity contribution in [2.24, 2.45) is 0 Å². The lowest BCUT2D eigenvalue weighted by Crippen LogP contribution is -2.11. The molecule has 1 aliphatic heterocycles. The van der Waals surface area contributed by atoms with Gasteiger partial charge in [-0.2, -0.15) is 0 Å². The van der Waals surface area contributed by atoms with Crippen LogP contribution in [0.15, 0.2) is 76.7 Å². The van der Waals surface area contributed by atoms with E-state index in [4.69, 9.17) is 4.42 Å². The summed E-state index contributed by atoms with van der Waals surface area (Å²) >= 11 is 1.36. The number of hydrogen-bond donors (Lipinski definition) is 2. The molecule has 2 aromatic carbocycles. The predicted octanol–water partition coefficient (Wildman–Crippen LogP) is 5.15. The Morgan fingerprint density at radius 2 is 2.00 bits per heavy atom. The zero-order valence-corrected chi connectivity index (χ0v) is 16.4. The Balaban J connectivity index is 1.41. The van der Waals surface area contributed by atoms with Gasteiger partial charge in [0.25, 0.3) is 11.8 Å². The third-order valence-corrected chi connectivity index (χ3v) is 5.37. The first-order valence-electron chi connectivity index (χ1n) is 9.21. The first-order chi connectivity index (χ1) is 14.7. The van der Waals surface area contributed by atoms with Gasteiger partial charge < -0.3 is 9.73 Å². The molecule has 2 aromatic heterocycles. The second-order valence-corrected chi connectivity index (χ2v) is 7.53. The van der Waals surface area contributed by atoms with E-state index in [9.17, 15) is 9.59 Å². The highest BCUT2D eigenvalue weighted by Gasteiger charge is 2.23. The molecule has 7 heteroatoms. The Labute approximate surface area is 175 Å². The first-order valence-corrected chi connectivity index (χ1v) is 10.1. The Hall–Kier alpha value is -3.97. The van der Waals surface area contributed by atoms with Crippen molar-refractivity contribution in [1.82, 2.24) is 4.98 Å². The smallest absolute Gasteiger partial charge is 0.257 e. The molecule has 0 atom stereocenters. The van der Waals surface area contributed by atoms with Crippen molar-refractivity contribution in [3.8, 4) is 11.3 Å². The Morgan fingerprint density at radius 3 is 2.87 bits per heavy atom. The summed E-state index contributed by atoms with van der Waals surface area (Å²) < 4.78 is 5.94. The van der Waals surface area contributed by atoms with E-state index in [2.05, 4.69) is 15.6 Å². The van der Waals surface area contributed by atoms with Crippen LogP contribution in [0.5, 0.6) is 0 Å². The van der Waals surface area contributed by atoms with E-state index in [-0.39, 0.29) is 11.8 Å². The zero-order chi connectivity index (χ0) is 20.5. The lowest BCUT2D eigenvalue weighted by Gasteiger charge is -2.03. The van der Waals surface area contributed by atoms with Crippen LogP contribution in [-0.2, 0) is 4.79 Å². The number of para-hydroxylation sites is 1. The number of nitrogens with one attached hydrogen (secondary N) is 2. The maximum absolute atomic E-state index is 12.5. The van der Waals surface area contributed by atoms with Gasteiger partial charge in [0.1, 0.15) is 11.5 Å². The summed E-state index contributed by atoms with van der Waals surface area (Å²) in [4.78, 5) is 28.8. The number of fused-ring (bicyclic) bond motifs is 1. The van der Waals surface area contributed by atoms with Crippen molar-refractivity contribution < 1.29 is 14.0 Å². The minimum atomic E-state index is -0.236. The van der Waals surface area contributed by atoms with Crippen LogP contribution in [-0.4, -0.2) is 16.8 Å². The number of thiazole rings is 1. The molecule has 2 amide bonds. The van der Waals surface area contributed by atoms with Crippen LogP contribution >= 0.6 is 11.3 Å². The molecule has 6 nitrogen and oxygen atoms in total. The van der Waals surface area contributed by atoms with E-state index in [0.717, 1.165) is 16.8 Å². The van der Waals surface area contributed by atoms with Crippen LogP contribution < -0.4 is 10.6 Å². The number of nitrogens with zero attached hydrogens (tertiary/aromatic N) is 1. The van der Waals surface area contributed by atoms with Gasteiger partial charge in [0.2, 0.25) is 0 Å². The van der Waals surface area contributed by atoms with Crippen molar-refractivity contribution in [3.05, 3.63) is 89.1 Å². The minimum Gasteiger partial charge on any atom is -0.457 e. The number of carbonyl (C=O) groups excluding carboxylic acids is 2. The molecule has 0 fully saturated rings. The van der Waals surface area contributed by atoms with E-state index < -0.39 is 0 Å². The van der Waals surface area contributed by atoms with Crippen molar-refractivity contribution in [3.63, 3.8) is 0 Å². The van der Waals surface area contributed by atoms with E-state index in [0.29, 0.717) is 27.8 Å². The molecule has 146 valence electrons. The SMILES string of the molecule is O=C1Nc2ccccc2/C1=C\c1ccc(-c2cccc(C(=O)Nc3nccs3)c2)o1. The van der Waals surface area contributed by atoms with E-state index >= 15 is 0 Å². The van der Waals surface area contributed by atoms with Crippen molar-refractivity contribution in [2.75, 3.05) is 10.6 Å². The maximum atomic E-state index is 12.5. The highest BCUT2D eigenvalue weighted by atomic mass is 32.1. The molecule has 0 unspecified atom stereocenters. The summed E-state index contributed by atoms with van der Waals surface area (Å²) in [5.41, 5.74) is 3.47.